The third-order valence-corrected chi connectivity index (χ3v) is 5.09. The number of hydrogen-bond donors (Lipinski definition) is 3. The van der Waals surface area contributed by atoms with Gasteiger partial charge in [0.2, 0.25) is 0 Å². The number of hydrogen-bond acceptors (Lipinski definition) is 6. The zero-order valence-corrected chi connectivity index (χ0v) is 18.0. The number of nitrogens with zero attached hydrogens (tertiary/aromatic N) is 5. The van der Waals surface area contributed by atoms with Crippen molar-refractivity contribution in [2.45, 2.75) is 6.92 Å². The lowest BCUT2D eigenvalue weighted by Crippen LogP contribution is -2.20. The van der Waals surface area contributed by atoms with Crippen molar-refractivity contribution in [1.82, 2.24) is 29.8 Å². The molecule has 0 aliphatic heterocycles. The Balaban J connectivity index is 1.51. The van der Waals surface area contributed by atoms with E-state index in [4.69, 9.17) is 4.74 Å². The van der Waals surface area contributed by atoms with E-state index in [1.165, 1.54) is 10.9 Å². The van der Waals surface area contributed by atoms with Gasteiger partial charge >= 0.3 is 0 Å². The smallest absolute Gasteiger partial charge is 0.276 e. The second kappa shape index (κ2) is 8.38. The van der Waals surface area contributed by atoms with E-state index < -0.39 is 11.8 Å². The van der Waals surface area contributed by atoms with Gasteiger partial charge in [-0.15, -0.1) is 0 Å². The summed E-state index contributed by atoms with van der Waals surface area (Å²) in [5, 5.41) is 20.7. The molecule has 11 nitrogen and oxygen atoms in total. The first-order chi connectivity index (χ1) is 15.4. The second-order valence-corrected chi connectivity index (χ2v) is 7.10. The number of methoxy groups -OCH3 is 1. The van der Waals surface area contributed by atoms with Crippen molar-refractivity contribution in [1.29, 1.82) is 0 Å². The lowest BCUT2D eigenvalue weighted by atomic mass is 10.1. The van der Waals surface area contributed by atoms with Crippen molar-refractivity contribution >= 4 is 23.2 Å². The summed E-state index contributed by atoms with van der Waals surface area (Å²) in [5.41, 5.74) is 3.54. The molecule has 3 N–H and O–H groups in total. The van der Waals surface area contributed by atoms with E-state index in [0.29, 0.717) is 11.4 Å². The number of carbonyl (C=O) groups excluding carboxylic acids is 2. The summed E-state index contributed by atoms with van der Waals surface area (Å²) in [5.74, 6) is -0.136. The largest absolute Gasteiger partial charge is 0.497 e. The van der Waals surface area contributed by atoms with Crippen molar-refractivity contribution in [3.05, 3.63) is 59.8 Å². The summed E-state index contributed by atoms with van der Waals surface area (Å²) < 4.78 is 8.20. The topological polar surface area (TPSA) is 132 Å². The van der Waals surface area contributed by atoms with Gasteiger partial charge in [0.15, 0.2) is 0 Å². The molecule has 11 heteroatoms. The first-order valence-corrected chi connectivity index (χ1v) is 9.70. The van der Waals surface area contributed by atoms with Gasteiger partial charge in [-0.3, -0.25) is 24.1 Å². The Bertz CT molecular complexity index is 1280. The molecular weight excluding hydrogens is 412 g/mol. The molecule has 0 saturated heterocycles. The summed E-state index contributed by atoms with van der Waals surface area (Å²) in [6, 6.07) is 8.95. The summed E-state index contributed by atoms with van der Waals surface area (Å²) in [4.78, 5) is 25.6. The van der Waals surface area contributed by atoms with E-state index in [9.17, 15) is 9.59 Å². The van der Waals surface area contributed by atoms with E-state index >= 15 is 0 Å². The Morgan fingerprint density at radius 2 is 1.62 bits per heavy atom. The number of anilines is 2. The van der Waals surface area contributed by atoms with E-state index in [0.717, 1.165) is 17.0 Å². The average Bonchev–Trinajstić information content (AvgIpc) is 3.50. The Kier molecular flexibility index (Phi) is 5.46. The molecule has 0 atom stereocenters. The van der Waals surface area contributed by atoms with Crippen LogP contribution in [-0.4, -0.2) is 48.7 Å². The third kappa shape index (κ3) is 3.95. The number of aromatic amines is 1. The quantitative estimate of drug-likeness (QED) is 0.427. The van der Waals surface area contributed by atoms with Crippen molar-refractivity contribution in [3.63, 3.8) is 0 Å². The fourth-order valence-corrected chi connectivity index (χ4v) is 3.14. The number of aryl methyl sites for hydroxylation is 2. The monoisotopic (exact) mass is 434 g/mol. The Labute approximate surface area is 183 Å². The molecule has 0 aliphatic carbocycles. The van der Waals surface area contributed by atoms with Gasteiger partial charge < -0.3 is 15.4 Å². The van der Waals surface area contributed by atoms with E-state index in [-0.39, 0.29) is 17.1 Å². The predicted octanol–water partition coefficient (Wildman–Crippen LogP) is 2.37. The number of nitrogens with one attached hydrogen (secondary N) is 3. The molecule has 4 aromatic rings. The van der Waals surface area contributed by atoms with Gasteiger partial charge in [0, 0.05) is 19.7 Å². The molecule has 4 rings (SSSR count). The zero-order chi connectivity index (χ0) is 22.8. The molecule has 0 radical (unpaired) electrons. The number of aromatic nitrogens is 6. The molecule has 2 amide bonds. The fraction of sp³-hybridized carbons (Fsp3) is 0.190. The van der Waals surface area contributed by atoms with Crippen LogP contribution in [0.15, 0.2) is 42.7 Å². The molecule has 0 spiro atoms. The van der Waals surface area contributed by atoms with Crippen LogP contribution in [0, 0.1) is 6.92 Å². The van der Waals surface area contributed by atoms with E-state index in [2.05, 4.69) is 31.0 Å². The maximum Gasteiger partial charge on any atom is 0.276 e. The van der Waals surface area contributed by atoms with Gasteiger partial charge in [-0.2, -0.15) is 15.3 Å². The summed E-state index contributed by atoms with van der Waals surface area (Å²) in [6.07, 6.45) is 2.98. The Morgan fingerprint density at radius 3 is 2.28 bits per heavy atom. The summed E-state index contributed by atoms with van der Waals surface area (Å²) in [7, 11) is 5.00. The van der Waals surface area contributed by atoms with Crippen molar-refractivity contribution < 1.29 is 14.3 Å². The van der Waals surface area contributed by atoms with Crippen LogP contribution in [0.25, 0.3) is 11.3 Å². The second-order valence-electron chi connectivity index (χ2n) is 7.10. The van der Waals surface area contributed by atoms with Crippen LogP contribution >= 0.6 is 0 Å². The number of benzene rings is 1. The summed E-state index contributed by atoms with van der Waals surface area (Å²) >= 11 is 0. The van der Waals surface area contributed by atoms with Crippen molar-refractivity contribution in [2.75, 3.05) is 17.7 Å². The highest BCUT2D eigenvalue weighted by Crippen LogP contribution is 2.23. The number of carbonyl (C=O) groups is 2. The highest BCUT2D eigenvalue weighted by molar-refractivity contribution is 6.11. The molecule has 0 aliphatic rings. The van der Waals surface area contributed by atoms with Crippen LogP contribution in [0.3, 0.4) is 0 Å². The van der Waals surface area contributed by atoms with Crippen LogP contribution in [0.4, 0.5) is 11.4 Å². The zero-order valence-electron chi connectivity index (χ0n) is 18.0. The summed E-state index contributed by atoms with van der Waals surface area (Å²) in [6.45, 7) is 1.84. The van der Waals surface area contributed by atoms with Crippen LogP contribution in [-0.2, 0) is 14.1 Å². The maximum atomic E-state index is 12.8. The van der Waals surface area contributed by atoms with Crippen LogP contribution in [0.2, 0.25) is 0 Å². The minimum absolute atomic E-state index is 0.205. The van der Waals surface area contributed by atoms with Gasteiger partial charge in [0.1, 0.15) is 17.1 Å². The minimum Gasteiger partial charge on any atom is -0.497 e. The van der Waals surface area contributed by atoms with Crippen LogP contribution in [0.5, 0.6) is 5.75 Å². The molecule has 1 aromatic carbocycles. The Hall–Kier alpha value is -4.41. The predicted molar refractivity (Wildman–Crippen MR) is 118 cm³/mol. The number of H-pyrrole nitrogens is 1. The highest BCUT2D eigenvalue weighted by Gasteiger charge is 2.21. The van der Waals surface area contributed by atoms with Gasteiger partial charge in [-0.25, -0.2) is 0 Å². The third-order valence-electron chi connectivity index (χ3n) is 5.09. The lowest BCUT2D eigenvalue weighted by Gasteiger charge is -2.08. The molecule has 32 heavy (non-hydrogen) atoms. The molecular formula is C21H22N8O3. The standard InChI is InChI=1S/C21H22N8O3/c1-12-17(10-22-28(12)2)24-21(31)19-18(11-23-29(19)3)25-20(30)16-9-15(26-27-16)13-5-7-14(32-4)8-6-13/h5-11H,1-4H3,(H,24,31)(H,25,30)(H,26,27). The lowest BCUT2D eigenvalue weighted by molar-refractivity contribution is 0.101. The molecule has 164 valence electrons. The average molecular weight is 434 g/mol. The SMILES string of the molecule is COc1ccc(-c2cc(C(=O)Nc3cnn(C)c3C(=O)Nc3cnn(C)c3C)[nH]n2)cc1. The van der Waals surface area contributed by atoms with Gasteiger partial charge in [0.25, 0.3) is 11.8 Å². The molecule has 0 bridgehead atoms. The molecule has 0 saturated carbocycles. The fourth-order valence-electron chi connectivity index (χ4n) is 3.14. The van der Waals surface area contributed by atoms with Crippen molar-refractivity contribution in [3.8, 4) is 17.0 Å². The normalized spacial score (nSPS) is 10.8. The molecule has 0 fully saturated rings. The molecule has 0 unspecified atom stereocenters. The highest BCUT2D eigenvalue weighted by atomic mass is 16.5. The van der Waals surface area contributed by atoms with Crippen LogP contribution < -0.4 is 15.4 Å². The number of rotatable bonds is 6. The van der Waals surface area contributed by atoms with Gasteiger partial charge in [0.05, 0.1) is 42.3 Å². The van der Waals surface area contributed by atoms with Gasteiger partial charge in [-0.1, -0.05) is 0 Å². The van der Waals surface area contributed by atoms with E-state index in [1.807, 2.05) is 31.2 Å². The first kappa shape index (κ1) is 20.8. The van der Waals surface area contributed by atoms with Gasteiger partial charge in [-0.05, 0) is 37.3 Å². The van der Waals surface area contributed by atoms with E-state index in [1.54, 1.807) is 38.2 Å². The molecule has 3 heterocycles. The Morgan fingerprint density at radius 1 is 0.969 bits per heavy atom. The number of amides is 2. The minimum atomic E-state index is -0.447. The van der Waals surface area contributed by atoms with Crippen molar-refractivity contribution in [2.24, 2.45) is 14.1 Å². The number of ether oxygens (including phenoxy) is 1. The molecule has 3 aromatic heterocycles. The maximum absolute atomic E-state index is 12.8. The van der Waals surface area contributed by atoms with Crippen LogP contribution in [0.1, 0.15) is 26.7 Å². The first-order valence-electron chi connectivity index (χ1n) is 9.70.